The van der Waals surface area contributed by atoms with Crippen molar-refractivity contribution in [2.24, 2.45) is 0 Å². The highest BCUT2D eigenvalue weighted by Gasteiger charge is 2.09. The van der Waals surface area contributed by atoms with E-state index in [0.29, 0.717) is 6.04 Å². The first-order valence-corrected chi connectivity index (χ1v) is 7.13. The summed E-state index contributed by atoms with van der Waals surface area (Å²) in [6.45, 7) is 11.5. The summed E-state index contributed by atoms with van der Waals surface area (Å²) in [5.74, 6) is 0. The molecule has 1 unspecified atom stereocenters. The number of halogens is 1. The van der Waals surface area contributed by atoms with Crippen LogP contribution in [0.1, 0.15) is 66.2 Å². The monoisotopic (exact) mass is 261 g/mol. The van der Waals surface area contributed by atoms with Gasteiger partial charge in [-0.1, -0.05) is 51.7 Å². The van der Waals surface area contributed by atoms with E-state index in [-0.39, 0.29) is 12.4 Å². The molecule has 0 rings (SSSR count). The zero-order chi connectivity index (χ0) is 12.2. The van der Waals surface area contributed by atoms with Crippen molar-refractivity contribution in [2.45, 2.75) is 72.3 Å². The number of hydrogen-bond acceptors (Lipinski definition) is 1. The van der Waals surface area contributed by atoms with Crippen LogP contribution in [0.4, 0.5) is 0 Å². The fourth-order valence-corrected chi connectivity index (χ4v) is 2.05. The van der Waals surface area contributed by atoms with Crippen molar-refractivity contribution < 1.29 is 0 Å². The summed E-state index contributed by atoms with van der Waals surface area (Å²) in [5.41, 5.74) is 0. The quantitative estimate of drug-likeness (QED) is 0.393. The minimum absolute atomic E-state index is 0. The maximum Gasteiger partial charge on any atom is 0.0249 e. The van der Waals surface area contributed by atoms with Gasteiger partial charge in [0.15, 0.2) is 0 Å². The van der Waals surface area contributed by atoms with E-state index in [9.17, 15) is 0 Å². The van der Waals surface area contributed by atoms with Crippen LogP contribution < -0.4 is 0 Å². The second-order valence-corrected chi connectivity index (χ2v) is 4.72. The van der Waals surface area contributed by atoms with Crippen LogP contribution in [0, 0.1) is 0 Å². The molecule has 0 radical (unpaired) electrons. The van der Waals surface area contributed by atoms with Crippen molar-refractivity contribution in [2.75, 3.05) is 13.1 Å². The fourth-order valence-electron chi connectivity index (χ4n) is 2.05. The molecule has 0 saturated heterocycles. The van der Waals surface area contributed by atoms with Gasteiger partial charge in [0.2, 0.25) is 0 Å². The normalized spacial score (nSPS) is 13.0. The smallest absolute Gasteiger partial charge is 0.0249 e. The molecule has 1 nitrogen and oxygen atoms in total. The Morgan fingerprint density at radius 3 is 1.76 bits per heavy atom. The molecule has 0 bridgehead atoms. The first-order chi connectivity index (χ1) is 7.76. The molecule has 0 heterocycles. The molecular weight excluding hydrogens is 230 g/mol. The Balaban J connectivity index is 0. The second kappa shape index (κ2) is 14.1. The zero-order valence-electron chi connectivity index (χ0n) is 12.2. The predicted octanol–water partition coefficient (Wildman–Crippen LogP) is 5.06. The van der Waals surface area contributed by atoms with Crippen molar-refractivity contribution in [1.29, 1.82) is 0 Å². The van der Waals surface area contributed by atoms with Crippen LogP contribution in [0.15, 0.2) is 12.2 Å². The van der Waals surface area contributed by atoms with Crippen LogP contribution >= 0.6 is 12.4 Å². The highest BCUT2D eigenvalue weighted by molar-refractivity contribution is 5.85. The lowest BCUT2D eigenvalue weighted by Gasteiger charge is -2.27. The maximum absolute atomic E-state index is 2.63. The molecule has 0 N–H and O–H groups in total. The number of nitrogens with zero attached hydrogens (tertiary/aromatic N) is 1. The molecule has 0 aromatic heterocycles. The van der Waals surface area contributed by atoms with E-state index in [1.165, 1.54) is 51.6 Å². The predicted molar refractivity (Wildman–Crippen MR) is 82.1 cm³/mol. The maximum atomic E-state index is 2.63. The molecule has 17 heavy (non-hydrogen) atoms. The van der Waals surface area contributed by atoms with Crippen LogP contribution in [-0.2, 0) is 0 Å². The number of unbranched alkanes of at least 4 members (excludes halogenated alkanes) is 4. The van der Waals surface area contributed by atoms with E-state index < -0.39 is 0 Å². The Morgan fingerprint density at radius 1 is 0.941 bits per heavy atom. The summed E-state index contributed by atoms with van der Waals surface area (Å²) < 4.78 is 0. The molecular formula is C15H32ClN. The summed E-state index contributed by atoms with van der Waals surface area (Å²) in [6, 6.07) is 0.610. The van der Waals surface area contributed by atoms with Crippen LogP contribution in [0.5, 0.6) is 0 Å². The molecule has 0 fully saturated rings. The van der Waals surface area contributed by atoms with E-state index in [1.54, 1.807) is 0 Å². The third kappa shape index (κ3) is 10.8. The SMILES string of the molecule is C/C=C/C(C)N(CCCCC)CCCCC.Cl. The molecule has 0 aliphatic rings. The Morgan fingerprint density at radius 2 is 1.41 bits per heavy atom. The van der Waals surface area contributed by atoms with Crippen molar-refractivity contribution in [3.63, 3.8) is 0 Å². The van der Waals surface area contributed by atoms with E-state index in [0.717, 1.165) is 0 Å². The van der Waals surface area contributed by atoms with Crippen LogP contribution in [-0.4, -0.2) is 24.0 Å². The second-order valence-electron chi connectivity index (χ2n) is 4.72. The minimum Gasteiger partial charge on any atom is -0.297 e. The van der Waals surface area contributed by atoms with E-state index in [1.807, 2.05) is 0 Å². The molecule has 1 atom stereocenters. The van der Waals surface area contributed by atoms with Gasteiger partial charge in [0.05, 0.1) is 0 Å². The Bertz CT molecular complexity index is 158. The van der Waals surface area contributed by atoms with Gasteiger partial charge in [-0.25, -0.2) is 0 Å². The average Bonchev–Trinajstić information content (AvgIpc) is 2.28. The van der Waals surface area contributed by atoms with Crippen molar-refractivity contribution >= 4 is 12.4 Å². The largest absolute Gasteiger partial charge is 0.297 e. The third-order valence-electron chi connectivity index (χ3n) is 3.14. The van der Waals surface area contributed by atoms with Gasteiger partial charge < -0.3 is 0 Å². The summed E-state index contributed by atoms with van der Waals surface area (Å²) in [6.07, 6.45) is 12.6. The van der Waals surface area contributed by atoms with E-state index in [2.05, 4.69) is 44.7 Å². The number of hydrogen-bond donors (Lipinski definition) is 0. The van der Waals surface area contributed by atoms with Crippen molar-refractivity contribution in [3.05, 3.63) is 12.2 Å². The van der Waals surface area contributed by atoms with E-state index in [4.69, 9.17) is 0 Å². The lowest BCUT2D eigenvalue weighted by Crippen LogP contribution is -2.33. The fraction of sp³-hybridized carbons (Fsp3) is 0.867. The molecule has 2 heteroatoms. The number of allylic oxidation sites excluding steroid dienone is 1. The minimum atomic E-state index is 0. The lowest BCUT2D eigenvalue weighted by molar-refractivity contribution is 0.231. The highest BCUT2D eigenvalue weighted by atomic mass is 35.5. The summed E-state index contributed by atoms with van der Waals surface area (Å²) in [4.78, 5) is 2.63. The van der Waals surface area contributed by atoms with Crippen molar-refractivity contribution in [1.82, 2.24) is 4.90 Å². The lowest BCUT2D eigenvalue weighted by atomic mass is 10.1. The number of rotatable bonds is 10. The van der Waals surface area contributed by atoms with Gasteiger partial charge >= 0.3 is 0 Å². The van der Waals surface area contributed by atoms with Crippen LogP contribution in [0.25, 0.3) is 0 Å². The molecule has 0 aromatic rings. The molecule has 0 spiro atoms. The topological polar surface area (TPSA) is 3.24 Å². The van der Waals surface area contributed by atoms with Gasteiger partial charge in [0.1, 0.15) is 0 Å². The molecule has 0 aliphatic carbocycles. The van der Waals surface area contributed by atoms with Crippen molar-refractivity contribution in [3.8, 4) is 0 Å². The van der Waals surface area contributed by atoms with Gasteiger partial charge in [-0.15, -0.1) is 12.4 Å². The summed E-state index contributed by atoms with van der Waals surface area (Å²) in [5, 5.41) is 0. The van der Waals surface area contributed by atoms with Crippen LogP contribution in [0.2, 0.25) is 0 Å². The zero-order valence-corrected chi connectivity index (χ0v) is 13.1. The van der Waals surface area contributed by atoms with Gasteiger partial charge in [0.25, 0.3) is 0 Å². The Hall–Kier alpha value is -0.0100. The van der Waals surface area contributed by atoms with Gasteiger partial charge in [-0.3, -0.25) is 4.90 Å². The van der Waals surface area contributed by atoms with Gasteiger partial charge in [-0.05, 0) is 39.8 Å². The van der Waals surface area contributed by atoms with Gasteiger partial charge in [-0.2, -0.15) is 0 Å². The van der Waals surface area contributed by atoms with Gasteiger partial charge in [0, 0.05) is 6.04 Å². The molecule has 0 amide bonds. The Labute approximate surface area is 115 Å². The average molecular weight is 262 g/mol. The van der Waals surface area contributed by atoms with E-state index >= 15 is 0 Å². The Kier molecular flexibility index (Phi) is 16.0. The van der Waals surface area contributed by atoms with Crippen LogP contribution in [0.3, 0.4) is 0 Å². The molecule has 0 aromatic carbocycles. The molecule has 0 aliphatic heterocycles. The third-order valence-corrected chi connectivity index (χ3v) is 3.14. The first kappa shape index (κ1) is 19.3. The molecule has 0 saturated carbocycles. The first-order valence-electron chi connectivity index (χ1n) is 7.13. The summed E-state index contributed by atoms with van der Waals surface area (Å²) >= 11 is 0. The highest BCUT2D eigenvalue weighted by Crippen LogP contribution is 2.08. The standard InChI is InChI=1S/C15H31N.ClH/c1-5-8-10-13-16(14-11-9-6-2)15(4)12-7-3;/h7,12,15H,5-6,8-11,13-14H2,1-4H3;1H/b12-7+;. The summed E-state index contributed by atoms with van der Waals surface area (Å²) in [7, 11) is 0. The molecule has 104 valence electrons.